The molecule has 2 heterocycles. The van der Waals surface area contributed by atoms with Crippen LogP contribution in [0.25, 0.3) is 16.9 Å². The minimum Gasteiger partial charge on any atom is -0.284 e. The van der Waals surface area contributed by atoms with Crippen molar-refractivity contribution in [3.8, 4) is 11.3 Å². The predicted octanol–water partition coefficient (Wildman–Crippen LogP) is 5.97. The molecule has 2 aromatic heterocycles. The van der Waals surface area contributed by atoms with Gasteiger partial charge >= 0.3 is 0 Å². The molecule has 0 saturated heterocycles. The van der Waals surface area contributed by atoms with Crippen molar-refractivity contribution >= 4 is 46.6 Å². The van der Waals surface area contributed by atoms with E-state index in [0.29, 0.717) is 38.3 Å². The third kappa shape index (κ3) is 3.47. The Hall–Kier alpha value is -3.22. The molecule has 0 fully saturated rings. The Kier molecular flexibility index (Phi) is 4.81. The summed E-state index contributed by atoms with van der Waals surface area (Å²) in [5.41, 5.74) is 2.60. The van der Waals surface area contributed by atoms with Crippen LogP contribution in [0.3, 0.4) is 0 Å². The first-order valence-electron chi connectivity index (χ1n) is 8.24. The van der Waals surface area contributed by atoms with E-state index in [2.05, 4.69) is 9.98 Å². The van der Waals surface area contributed by atoms with Gasteiger partial charge in [-0.05, 0) is 35.9 Å². The second-order valence-corrected chi connectivity index (χ2v) is 6.79. The zero-order valence-electron chi connectivity index (χ0n) is 14.3. The maximum Gasteiger partial charge on any atom is 0.270 e. The maximum absolute atomic E-state index is 11.0. The highest BCUT2D eigenvalue weighted by Gasteiger charge is 2.16. The average Bonchev–Trinajstić information content (AvgIpc) is 3.05. The molecular formula is C20H12Cl2N4O2. The van der Waals surface area contributed by atoms with Gasteiger partial charge in [0, 0.05) is 35.1 Å². The van der Waals surface area contributed by atoms with Crippen molar-refractivity contribution < 1.29 is 4.92 Å². The fourth-order valence-electron chi connectivity index (χ4n) is 2.82. The van der Waals surface area contributed by atoms with Crippen LogP contribution in [0.4, 0.5) is 11.5 Å². The number of pyridine rings is 1. The number of aliphatic imine (C=N–C) groups is 1. The lowest BCUT2D eigenvalue weighted by molar-refractivity contribution is -0.384. The topological polar surface area (TPSA) is 72.8 Å². The van der Waals surface area contributed by atoms with Gasteiger partial charge in [-0.15, -0.1) is 0 Å². The molecule has 0 saturated carbocycles. The van der Waals surface area contributed by atoms with Gasteiger partial charge in [-0.2, -0.15) is 0 Å². The van der Waals surface area contributed by atoms with E-state index in [0.717, 1.165) is 0 Å². The van der Waals surface area contributed by atoms with Crippen LogP contribution in [0, 0.1) is 10.1 Å². The maximum atomic E-state index is 11.0. The van der Waals surface area contributed by atoms with Crippen molar-refractivity contribution in [1.82, 2.24) is 9.38 Å². The van der Waals surface area contributed by atoms with Crippen LogP contribution >= 0.6 is 23.2 Å². The molecule has 0 spiro atoms. The van der Waals surface area contributed by atoms with Crippen molar-refractivity contribution in [3.05, 3.63) is 92.6 Å². The number of nitrogens with zero attached hydrogens (tertiary/aromatic N) is 4. The van der Waals surface area contributed by atoms with Crippen LogP contribution in [0.5, 0.6) is 0 Å². The van der Waals surface area contributed by atoms with E-state index in [1.54, 1.807) is 36.5 Å². The van der Waals surface area contributed by atoms with E-state index in [4.69, 9.17) is 23.2 Å². The Balaban J connectivity index is 1.86. The number of hydrogen-bond acceptors (Lipinski definition) is 4. The summed E-state index contributed by atoms with van der Waals surface area (Å²) in [7, 11) is 0. The molecule has 138 valence electrons. The fourth-order valence-corrected chi connectivity index (χ4v) is 3.32. The van der Waals surface area contributed by atoms with Crippen molar-refractivity contribution in [2.24, 2.45) is 4.99 Å². The van der Waals surface area contributed by atoms with Crippen LogP contribution in [0.15, 0.2) is 71.9 Å². The van der Waals surface area contributed by atoms with Gasteiger partial charge in [-0.3, -0.25) is 14.5 Å². The van der Waals surface area contributed by atoms with Crippen molar-refractivity contribution in [1.29, 1.82) is 0 Å². The summed E-state index contributed by atoms with van der Waals surface area (Å²) < 4.78 is 1.83. The number of fused-ring (bicyclic) bond motifs is 1. The van der Waals surface area contributed by atoms with Crippen LogP contribution in [0.2, 0.25) is 10.0 Å². The molecule has 0 N–H and O–H groups in total. The standard InChI is InChI=1S/C20H12Cl2N4O2/c21-14-7-8-16(17(22)11-14)19-20(25-9-2-1-6-18(25)24-19)23-12-13-4-3-5-15(10-13)26(27)28/h1-12H. The van der Waals surface area contributed by atoms with Crippen molar-refractivity contribution in [2.45, 2.75) is 0 Å². The first kappa shape index (κ1) is 18.2. The van der Waals surface area contributed by atoms with E-state index in [9.17, 15) is 10.1 Å². The number of rotatable bonds is 4. The Morgan fingerprint density at radius 3 is 2.71 bits per heavy atom. The van der Waals surface area contributed by atoms with E-state index in [1.807, 2.05) is 28.8 Å². The van der Waals surface area contributed by atoms with Gasteiger partial charge in [0.25, 0.3) is 5.69 Å². The Morgan fingerprint density at radius 1 is 1.07 bits per heavy atom. The molecule has 6 nitrogen and oxygen atoms in total. The highest BCUT2D eigenvalue weighted by molar-refractivity contribution is 6.36. The minimum absolute atomic E-state index is 0.00283. The molecule has 0 aliphatic carbocycles. The van der Waals surface area contributed by atoms with Gasteiger partial charge in [0.2, 0.25) is 0 Å². The van der Waals surface area contributed by atoms with Gasteiger partial charge in [-0.1, -0.05) is 41.4 Å². The monoisotopic (exact) mass is 410 g/mol. The second-order valence-electron chi connectivity index (χ2n) is 5.95. The lowest BCUT2D eigenvalue weighted by Crippen LogP contribution is -1.90. The summed E-state index contributed by atoms with van der Waals surface area (Å²) in [5, 5.41) is 12.0. The molecule has 0 aliphatic rings. The first-order chi connectivity index (χ1) is 13.5. The SMILES string of the molecule is O=[N+]([O-])c1cccc(C=Nc2c(-c3ccc(Cl)cc3Cl)nc3ccccn23)c1. The number of benzene rings is 2. The minimum atomic E-state index is -0.440. The molecule has 0 amide bonds. The van der Waals surface area contributed by atoms with Gasteiger partial charge < -0.3 is 0 Å². The van der Waals surface area contributed by atoms with E-state index < -0.39 is 4.92 Å². The number of nitro benzene ring substituents is 1. The van der Waals surface area contributed by atoms with Gasteiger partial charge in [0.05, 0.1) is 9.95 Å². The largest absolute Gasteiger partial charge is 0.284 e. The number of halogens is 2. The van der Waals surface area contributed by atoms with E-state index in [-0.39, 0.29) is 5.69 Å². The average molecular weight is 411 g/mol. The van der Waals surface area contributed by atoms with E-state index >= 15 is 0 Å². The highest BCUT2D eigenvalue weighted by Crippen LogP contribution is 2.36. The zero-order chi connectivity index (χ0) is 19.7. The molecule has 0 aliphatic heterocycles. The van der Waals surface area contributed by atoms with Crippen LogP contribution in [0.1, 0.15) is 5.56 Å². The van der Waals surface area contributed by atoms with Crippen LogP contribution in [-0.2, 0) is 0 Å². The molecule has 0 unspecified atom stereocenters. The van der Waals surface area contributed by atoms with E-state index in [1.165, 1.54) is 12.1 Å². The number of non-ortho nitro benzene ring substituents is 1. The molecular weight excluding hydrogens is 399 g/mol. The number of aromatic nitrogens is 2. The molecule has 0 atom stereocenters. The molecule has 0 bridgehead atoms. The van der Waals surface area contributed by atoms with Crippen molar-refractivity contribution in [3.63, 3.8) is 0 Å². The summed E-state index contributed by atoms with van der Waals surface area (Å²) in [4.78, 5) is 19.8. The molecule has 2 aromatic carbocycles. The quantitative estimate of drug-likeness (QED) is 0.236. The summed E-state index contributed by atoms with van der Waals surface area (Å²) in [6, 6.07) is 17.0. The highest BCUT2D eigenvalue weighted by atomic mass is 35.5. The summed E-state index contributed by atoms with van der Waals surface area (Å²) in [6.07, 6.45) is 3.41. The predicted molar refractivity (Wildman–Crippen MR) is 111 cm³/mol. The van der Waals surface area contributed by atoms with Crippen LogP contribution in [-0.4, -0.2) is 20.5 Å². The van der Waals surface area contributed by atoms with Gasteiger partial charge in [0.15, 0.2) is 5.82 Å². The third-order valence-corrected chi connectivity index (χ3v) is 4.66. The fraction of sp³-hybridized carbons (Fsp3) is 0. The normalized spacial score (nSPS) is 11.4. The molecule has 28 heavy (non-hydrogen) atoms. The summed E-state index contributed by atoms with van der Waals surface area (Å²) >= 11 is 12.4. The Labute approximate surface area is 169 Å². The zero-order valence-corrected chi connectivity index (χ0v) is 15.8. The van der Waals surface area contributed by atoms with Crippen LogP contribution < -0.4 is 0 Å². The molecule has 8 heteroatoms. The first-order valence-corrected chi connectivity index (χ1v) is 8.99. The van der Waals surface area contributed by atoms with Gasteiger partial charge in [0.1, 0.15) is 11.3 Å². The summed E-state index contributed by atoms with van der Waals surface area (Å²) in [6.45, 7) is 0. The van der Waals surface area contributed by atoms with Crippen molar-refractivity contribution in [2.75, 3.05) is 0 Å². The second kappa shape index (κ2) is 7.42. The Morgan fingerprint density at radius 2 is 1.93 bits per heavy atom. The lowest BCUT2D eigenvalue weighted by Gasteiger charge is -2.03. The smallest absolute Gasteiger partial charge is 0.270 e. The van der Waals surface area contributed by atoms with Gasteiger partial charge in [-0.25, -0.2) is 9.98 Å². The summed E-state index contributed by atoms with van der Waals surface area (Å²) in [5.74, 6) is 0.561. The molecule has 4 rings (SSSR count). The molecule has 4 aromatic rings. The number of imidazole rings is 1. The number of nitro groups is 1. The lowest BCUT2D eigenvalue weighted by atomic mass is 10.1. The third-order valence-electron chi connectivity index (χ3n) is 4.11. The molecule has 0 radical (unpaired) electrons. The Bertz CT molecular complexity index is 1230. The number of hydrogen-bond donors (Lipinski definition) is 0.